The van der Waals surface area contributed by atoms with E-state index in [2.05, 4.69) is 0 Å². The highest BCUT2D eigenvalue weighted by atomic mass is 16.4. The predicted octanol–water partition coefficient (Wildman–Crippen LogP) is -2.93. The normalized spacial score (nSPS) is 15.7. The number of hydrogen-bond acceptors (Lipinski definition) is 10. The number of Topliss-reactive ketones (excluding diaryl/α,β-unsaturated/α-hetero) is 1. The number of ketones is 1. The molecule has 1 rings (SSSR count). The number of carboxylic acid groups (broad SMARTS) is 1. The standard InChI is InChI=1S/C11H19NO9.C6H6O2/c1-4(14)12-8(5(15)2-6(16)11(20)21)10(19)9(18)7(17)3-13;7-5-2-1-3-6(8)4-5/h5,7-10,13,15,17-19H,2-3H2,1H3,(H,12,14)(H,20,21);1-4,7-8H/t5-,7+,8+,9+,10+;/m0./s1. The van der Waals surface area contributed by atoms with Crippen molar-refractivity contribution in [2.75, 3.05) is 6.61 Å². The van der Waals surface area contributed by atoms with Gasteiger partial charge in [-0.05, 0) is 12.1 Å². The van der Waals surface area contributed by atoms with Gasteiger partial charge in [0.15, 0.2) is 0 Å². The molecule has 1 aromatic rings. The number of aliphatic hydroxyl groups excluding tert-OH is 5. The van der Waals surface area contributed by atoms with Gasteiger partial charge in [0.05, 0.1) is 18.8 Å². The molecule has 0 fully saturated rings. The Labute approximate surface area is 165 Å². The Hall–Kier alpha value is -2.77. The van der Waals surface area contributed by atoms with E-state index in [4.69, 9.17) is 20.4 Å². The fourth-order valence-electron chi connectivity index (χ4n) is 2.09. The van der Waals surface area contributed by atoms with Gasteiger partial charge < -0.3 is 46.2 Å². The summed E-state index contributed by atoms with van der Waals surface area (Å²) in [5.41, 5.74) is 0. The maximum Gasteiger partial charge on any atom is 0.372 e. The lowest BCUT2D eigenvalue weighted by atomic mass is 9.94. The van der Waals surface area contributed by atoms with Crippen LogP contribution in [0.2, 0.25) is 0 Å². The van der Waals surface area contributed by atoms with Crippen molar-refractivity contribution in [1.82, 2.24) is 5.32 Å². The number of rotatable bonds is 9. The van der Waals surface area contributed by atoms with Crippen molar-refractivity contribution >= 4 is 17.7 Å². The van der Waals surface area contributed by atoms with Crippen LogP contribution in [0, 0.1) is 0 Å². The average molecular weight is 419 g/mol. The molecule has 29 heavy (non-hydrogen) atoms. The van der Waals surface area contributed by atoms with E-state index < -0.39 is 61.1 Å². The first-order valence-electron chi connectivity index (χ1n) is 8.25. The first-order valence-corrected chi connectivity index (χ1v) is 8.25. The van der Waals surface area contributed by atoms with E-state index in [1.165, 1.54) is 18.2 Å². The third-order valence-electron chi connectivity index (χ3n) is 3.55. The molecule has 0 aliphatic carbocycles. The molecule has 1 aromatic carbocycles. The largest absolute Gasteiger partial charge is 0.508 e. The van der Waals surface area contributed by atoms with E-state index in [0.717, 1.165) is 6.92 Å². The topological polar surface area (TPSA) is 225 Å². The third-order valence-corrected chi connectivity index (χ3v) is 3.55. The van der Waals surface area contributed by atoms with Crippen LogP contribution in [-0.2, 0) is 14.4 Å². The Morgan fingerprint density at radius 2 is 1.48 bits per heavy atom. The van der Waals surface area contributed by atoms with Crippen LogP contribution >= 0.6 is 0 Å². The lowest BCUT2D eigenvalue weighted by molar-refractivity contribution is -0.151. The molecule has 5 atom stereocenters. The van der Waals surface area contributed by atoms with E-state index in [1.54, 1.807) is 6.07 Å². The van der Waals surface area contributed by atoms with E-state index in [9.17, 15) is 34.8 Å². The van der Waals surface area contributed by atoms with Crippen molar-refractivity contribution in [1.29, 1.82) is 0 Å². The van der Waals surface area contributed by atoms with E-state index in [1.807, 2.05) is 5.32 Å². The van der Waals surface area contributed by atoms with E-state index in [-0.39, 0.29) is 11.5 Å². The number of aromatic hydroxyl groups is 2. The van der Waals surface area contributed by atoms with Crippen molar-refractivity contribution in [2.24, 2.45) is 0 Å². The summed E-state index contributed by atoms with van der Waals surface area (Å²) in [6, 6.07) is 4.24. The number of benzene rings is 1. The first-order chi connectivity index (χ1) is 13.4. The first kappa shape index (κ1) is 26.2. The molecule has 12 heteroatoms. The number of aliphatic hydroxyl groups is 5. The molecule has 1 amide bonds. The van der Waals surface area contributed by atoms with Crippen LogP contribution in [0.25, 0.3) is 0 Å². The molecule has 0 unspecified atom stereocenters. The smallest absolute Gasteiger partial charge is 0.372 e. The van der Waals surface area contributed by atoms with E-state index >= 15 is 0 Å². The quantitative estimate of drug-likeness (QED) is 0.184. The number of hydrogen-bond donors (Lipinski definition) is 9. The lowest BCUT2D eigenvalue weighted by Gasteiger charge is -2.32. The van der Waals surface area contributed by atoms with Crippen molar-refractivity contribution in [2.45, 2.75) is 43.8 Å². The second-order valence-corrected chi connectivity index (χ2v) is 5.98. The molecule has 0 aliphatic rings. The maximum atomic E-state index is 11.0. The second kappa shape index (κ2) is 12.6. The number of nitrogens with one attached hydrogen (secondary N) is 1. The van der Waals surface area contributed by atoms with Crippen molar-refractivity contribution < 1.29 is 55.2 Å². The predicted molar refractivity (Wildman–Crippen MR) is 95.7 cm³/mol. The van der Waals surface area contributed by atoms with Crippen LogP contribution < -0.4 is 5.32 Å². The number of aliphatic carboxylic acids is 1. The molecular formula is C17H25NO11. The summed E-state index contributed by atoms with van der Waals surface area (Å²) in [6.45, 7) is 0.134. The summed E-state index contributed by atoms with van der Waals surface area (Å²) in [7, 11) is 0. The van der Waals surface area contributed by atoms with Crippen LogP contribution in [0.3, 0.4) is 0 Å². The fourth-order valence-corrected chi connectivity index (χ4v) is 2.09. The van der Waals surface area contributed by atoms with Gasteiger partial charge in [0.1, 0.15) is 29.8 Å². The van der Waals surface area contributed by atoms with Crippen molar-refractivity contribution in [3.63, 3.8) is 0 Å². The average Bonchev–Trinajstić information content (AvgIpc) is 2.64. The van der Waals surface area contributed by atoms with Crippen molar-refractivity contribution in [3.8, 4) is 11.5 Å². The molecule has 0 aromatic heterocycles. The highest BCUT2D eigenvalue weighted by molar-refractivity contribution is 6.32. The number of phenols is 2. The molecule has 0 aliphatic heterocycles. The van der Waals surface area contributed by atoms with Gasteiger partial charge in [0, 0.05) is 19.4 Å². The Morgan fingerprint density at radius 1 is 0.966 bits per heavy atom. The summed E-state index contributed by atoms with van der Waals surface area (Å²) < 4.78 is 0. The molecule has 0 bridgehead atoms. The number of carbonyl (C=O) groups excluding carboxylic acids is 2. The minimum Gasteiger partial charge on any atom is -0.508 e. The Bertz CT molecular complexity index is 664. The zero-order valence-corrected chi connectivity index (χ0v) is 15.4. The van der Waals surface area contributed by atoms with Crippen molar-refractivity contribution in [3.05, 3.63) is 24.3 Å². The van der Waals surface area contributed by atoms with Crippen LogP contribution in [-0.4, -0.2) is 95.6 Å². The van der Waals surface area contributed by atoms with Gasteiger partial charge in [-0.15, -0.1) is 0 Å². The van der Waals surface area contributed by atoms with Gasteiger partial charge in [0.2, 0.25) is 11.7 Å². The van der Waals surface area contributed by atoms with Gasteiger partial charge in [-0.1, -0.05) is 6.07 Å². The van der Waals surface area contributed by atoms with Gasteiger partial charge >= 0.3 is 5.97 Å². The number of phenolic OH excluding ortho intramolecular Hbond substituents is 2. The molecular weight excluding hydrogens is 394 g/mol. The van der Waals surface area contributed by atoms with Crippen LogP contribution in [0.5, 0.6) is 11.5 Å². The zero-order valence-electron chi connectivity index (χ0n) is 15.4. The Kier molecular flexibility index (Phi) is 11.4. The minimum absolute atomic E-state index is 0.0880. The SMILES string of the molecule is CC(=O)N[C@@H]([C@@H](O)[C@H](O)[C@H](O)CO)[C@@H](O)CC(=O)C(=O)O.Oc1cccc(O)c1. The highest BCUT2D eigenvalue weighted by Crippen LogP contribution is 2.15. The molecule has 0 spiro atoms. The minimum atomic E-state index is -1.94. The number of carbonyl (C=O) groups is 3. The summed E-state index contributed by atoms with van der Waals surface area (Å²) in [6.07, 6.45) is -8.35. The monoisotopic (exact) mass is 419 g/mol. The van der Waals surface area contributed by atoms with Crippen LogP contribution in [0.4, 0.5) is 0 Å². The second-order valence-electron chi connectivity index (χ2n) is 5.98. The zero-order chi connectivity index (χ0) is 22.7. The summed E-state index contributed by atoms with van der Waals surface area (Å²) in [5, 5.41) is 74.7. The Morgan fingerprint density at radius 3 is 1.83 bits per heavy atom. The van der Waals surface area contributed by atoms with Crippen LogP contribution in [0.15, 0.2) is 24.3 Å². The van der Waals surface area contributed by atoms with Gasteiger partial charge in [-0.2, -0.15) is 0 Å². The highest BCUT2D eigenvalue weighted by Gasteiger charge is 2.37. The van der Waals surface area contributed by atoms with E-state index in [0.29, 0.717) is 0 Å². The van der Waals surface area contributed by atoms with Gasteiger partial charge in [0.25, 0.3) is 0 Å². The molecule has 0 radical (unpaired) electrons. The van der Waals surface area contributed by atoms with Gasteiger partial charge in [-0.25, -0.2) is 4.79 Å². The molecule has 9 N–H and O–H groups in total. The Balaban J connectivity index is 0.000000807. The molecule has 0 heterocycles. The lowest BCUT2D eigenvalue weighted by Crippen LogP contribution is -2.57. The van der Waals surface area contributed by atoms with Crippen LogP contribution in [0.1, 0.15) is 13.3 Å². The summed E-state index contributed by atoms with van der Waals surface area (Å²) in [5.74, 6) is -3.72. The number of carboxylic acids is 1. The third kappa shape index (κ3) is 9.82. The summed E-state index contributed by atoms with van der Waals surface area (Å²) >= 11 is 0. The van der Waals surface area contributed by atoms with Gasteiger partial charge in [-0.3, -0.25) is 9.59 Å². The molecule has 0 saturated carbocycles. The fraction of sp³-hybridized carbons (Fsp3) is 0.471. The molecule has 164 valence electrons. The maximum absolute atomic E-state index is 11.0. The molecule has 0 saturated heterocycles. The molecule has 12 nitrogen and oxygen atoms in total. The number of amides is 1. The summed E-state index contributed by atoms with van der Waals surface area (Å²) in [4.78, 5) is 32.4.